The Morgan fingerprint density at radius 3 is 2.69 bits per heavy atom. The van der Waals surface area contributed by atoms with Gasteiger partial charge in [0.2, 0.25) is 0 Å². The topological polar surface area (TPSA) is 76.5 Å². The molecule has 29 heavy (non-hydrogen) atoms. The fourth-order valence-corrected chi connectivity index (χ4v) is 3.52. The molecular formula is C21H23N5O2S. The summed E-state index contributed by atoms with van der Waals surface area (Å²) in [6, 6.07) is 13.3. The second-order valence-corrected chi connectivity index (χ2v) is 7.73. The van der Waals surface area contributed by atoms with E-state index in [1.54, 1.807) is 15.6 Å². The molecule has 1 aromatic carbocycles. The number of benzene rings is 1. The van der Waals surface area contributed by atoms with Crippen LogP contribution in [0.3, 0.4) is 0 Å². The van der Waals surface area contributed by atoms with E-state index < -0.39 is 0 Å². The Bertz CT molecular complexity index is 1130. The Labute approximate surface area is 174 Å². The zero-order chi connectivity index (χ0) is 20.5. The highest BCUT2D eigenvalue weighted by atomic mass is 32.1. The van der Waals surface area contributed by atoms with Gasteiger partial charge in [-0.15, -0.1) is 0 Å². The molecule has 3 aromatic rings. The zero-order valence-corrected chi connectivity index (χ0v) is 17.4. The van der Waals surface area contributed by atoms with Gasteiger partial charge in [0.15, 0.2) is 5.11 Å². The minimum Gasteiger partial charge on any atom is -0.460 e. The van der Waals surface area contributed by atoms with Crippen LogP contribution in [0.4, 0.5) is 5.69 Å². The molecule has 0 unspecified atom stereocenters. The Balaban J connectivity index is 1.43. The number of thiocarbonyl (C=S) groups is 1. The quantitative estimate of drug-likeness (QED) is 0.383. The molecular weight excluding hydrogens is 386 g/mol. The summed E-state index contributed by atoms with van der Waals surface area (Å²) in [5.41, 5.74) is 4.51. The number of aromatic nitrogens is 2. The number of nitrogens with one attached hydrogen (secondary N) is 2. The average molecular weight is 410 g/mol. The molecule has 1 fully saturated rings. The van der Waals surface area contributed by atoms with E-state index in [4.69, 9.17) is 16.6 Å². The Morgan fingerprint density at radius 2 is 2.00 bits per heavy atom. The highest BCUT2D eigenvalue weighted by Crippen LogP contribution is 2.47. The Hall–Kier alpha value is -3.13. The lowest BCUT2D eigenvalue weighted by Gasteiger charge is -2.07. The summed E-state index contributed by atoms with van der Waals surface area (Å²) in [5.74, 6) is 2.88. The van der Waals surface area contributed by atoms with Crippen molar-refractivity contribution in [3.05, 3.63) is 70.0 Å². The molecule has 7 nitrogen and oxygen atoms in total. The fourth-order valence-electron chi connectivity index (χ4n) is 3.36. The smallest absolute Gasteiger partial charge is 0.295 e. The van der Waals surface area contributed by atoms with Crippen LogP contribution < -0.4 is 16.3 Å². The molecule has 0 saturated heterocycles. The molecule has 2 N–H and O–H groups in total. The van der Waals surface area contributed by atoms with Crippen LogP contribution in [0.15, 0.2) is 56.8 Å². The largest absolute Gasteiger partial charge is 0.460 e. The molecule has 2 atom stereocenters. The van der Waals surface area contributed by atoms with E-state index in [2.05, 4.69) is 22.8 Å². The maximum Gasteiger partial charge on any atom is 0.295 e. The first-order chi connectivity index (χ1) is 14.0. The van der Waals surface area contributed by atoms with Gasteiger partial charge in [-0.25, -0.2) is 4.68 Å². The maximum absolute atomic E-state index is 12.9. The van der Waals surface area contributed by atoms with Crippen LogP contribution in [0.5, 0.6) is 0 Å². The molecule has 0 amide bonds. The van der Waals surface area contributed by atoms with Crippen LogP contribution in [0.1, 0.15) is 36.5 Å². The number of hydrazone groups is 1. The highest BCUT2D eigenvalue weighted by Gasteiger charge is 2.36. The summed E-state index contributed by atoms with van der Waals surface area (Å²) in [4.78, 5) is 12.9. The number of hydrogen-bond acceptors (Lipinski definition) is 4. The van der Waals surface area contributed by atoms with Crippen molar-refractivity contribution in [1.82, 2.24) is 14.8 Å². The summed E-state index contributed by atoms with van der Waals surface area (Å²) in [6.45, 7) is 4.07. The van der Waals surface area contributed by atoms with Crippen LogP contribution in [-0.4, -0.2) is 20.7 Å². The molecule has 0 aliphatic heterocycles. The third-order valence-corrected chi connectivity index (χ3v) is 5.47. The summed E-state index contributed by atoms with van der Waals surface area (Å²) >= 11 is 5.29. The van der Waals surface area contributed by atoms with Crippen LogP contribution >= 0.6 is 12.2 Å². The molecule has 2 heterocycles. The fraction of sp³-hybridized carbons (Fsp3) is 0.286. The first-order valence-corrected chi connectivity index (χ1v) is 9.90. The van der Waals surface area contributed by atoms with Crippen LogP contribution in [0.2, 0.25) is 0 Å². The van der Waals surface area contributed by atoms with Gasteiger partial charge in [-0.2, -0.15) is 5.10 Å². The molecule has 0 radical (unpaired) electrons. The minimum absolute atomic E-state index is 0.182. The van der Waals surface area contributed by atoms with Gasteiger partial charge in [0.1, 0.15) is 17.2 Å². The van der Waals surface area contributed by atoms with Crippen molar-refractivity contribution in [2.75, 3.05) is 5.32 Å². The molecule has 1 aliphatic carbocycles. The minimum atomic E-state index is -0.182. The van der Waals surface area contributed by atoms with E-state index in [9.17, 15) is 4.79 Å². The van der Waals surface area contributed by atoms with E-state index in [0.717, 1.165) is 17.1 Å². The number of anilines is 1. The number of hydrogen-bond donors (Lipinski definition) is 2. The third-order valence-electron chi connectivity index (χ3n) is 5.27. The third kappa shape index (κ3) is 3.88. The van der Waals surface area contributed by atoms with Crippen LogP contribution in [0, 0.1) is 12.8 Å². The Kier molecular flexibility index (Phi) is 5.10. The Morgan fingerprint density at radius 1 is 1.28 bits per heavy atom. The van der Waals surface area contributed by atoms with Crippen molar-refractivity contribution in [2.45, 2.75) is 26.2 Å². The predicted molar refractivity (Wildman–Crippen MR) is 118 cm³/mol. The van der Waals surface area contributed by atoms with E-state index in [0.29, 0.717) is 23.3 Å². The lowest BCUT2D eigenvalue weighted by Crippen LogP contribution is -2.28. The van der Waals surface area contributed by atoms with Crippen molar-refractivity contribution >= 4 is 29.2 Å². The zero-order valence-electron chi connectivity index (χ0n) is 16.5. The molecule has 0 spiro atoms. The molecule has 1 saturated carbocycles. The SMILES string of the molecule is Cc1c(NC(=S)N/N=C\c2ccc([C@@H]3C[C@@H]3C)o2)c(=O)n(-c2ccccc2)n1C. The second kappa shape index (κ2) is 7.71. The predicted octanol–water partition coefficient (Wildman–Crippen LogP) is 3.52. The second-order valence-electron chi connectivity index (χ2n) is 7.32. The van der Waals surface area contributed by atoms with Crippen LogP contribution in [-0.2, 0) is 7.05 Å². The first-order valence-electron chi connectivity index (χ1n) is 9.49. The number of rotatable bonds is 5. The van der Waals surface area contributed by atoms with E-state index in [1.165, 1.54) is 6.42 Å². The number of nitrogens with zero attached hydrogens (tertiary/aromatic N) is 3. The van der Waals surface area contributed by atoms with Gasteiger partial charge >= 0.3 is 0 Å². The summed E-state index contributed by atoms with van der Waals surface area (Å²) in [6.07, 6.45) is 2.75. The standard InChI is InChI=1S/C21H23N5O2S/c1-13-11-17(13)18-10-9-16(28-18)12-22-24-21(29)23-19-14(2)25(3)26(20(19)27)15-7-5-4-6-8-15/h4-10,12-13,17H,11H2,1-3H3,(H2,23,24,29)/b22-12-/t13-,17+/m0/s1. The monoisotopic (exact) mass is 409 g/mol. The van der Waals surface area contributed by atoms with E-state index in [1.807, 2.05) is 56.4 Å². The molecule has 150 valence electrons. The molecule has 8 heteroatoms. The van der Waals surface area contributed by atoms with Gasteiger partial charge in [-0.1, -0.05) is 25.1 Å². The maximum atomic E-state index is 12.9. The number of para-hydroxylation sites is 1. The van der Waals surface area contributed by atoms with Crippen molar-refractivity contribution < 1.29 is 4.42 Å². The molecule has 1 aliphatic rings. The van der Waals surface area contributed by atoms with Gasteiger partial charge in [0.25, 0.3) is 5.56 Å². The normalized spacial score (nSPS) is 18.2. The van der Waals surface area contributed by atoms with Crippen molar-refractivity contribution in [3.8, 4) is 5.69 Å². The van der Waals surface area contributed by atoms with Crippen molar-refractivity contribution in [1.29, 1.82) is 0 Å². The van der Waals surface area contributed by atoms with E-state index >= 15 is 0 Å². The molecule has 0 bridgehead atoms. The summed E-state index contributed by atoms with van der Waals surface area (Å²) in [7, 11) is 1.83. The molecule has 4 rings (SSSR count). The number of furan rings is 1. The van der Waals surface area contributed by atoms with E-state index in [-0.39, 0.29) is 10.7 Å². The van der Waals surface area contributed by atoms with Gasteiger partial charge in [-0.3, -0.25) is 14.9 Å². The van der Waals surface area contributed by atoms with Crippen molar-refractivity contribution in [3.63, 3.8) is 0 Å². The average Bonchev–Trinajstić information content (AvgIpc) is 3.18. The highest BCUT2D eigenvalue weighted by molar-refractivity contribution is 7.80. The summed E-state index contributed by atoms with van der Waals surface area (Å²) in [5, 5.41) is 7.30. The van der Waals surface area contributed by atoms with Crippen molar-refractivity contribution in [2.24, 2.45) is 18.1 Å². The first kappa shape index (κ1) is 19.2. The van der Waals surface area contributed by atoms with Gasteiger partial charge in [0, 0.05) is 13.0 Å². The lowest BCUT2D eigenvalue weighted by atomic mass is 10.3. The van der Waals surface area contributed by atoms with Crippen LogP contribution in [0.25, 0.3) is 5.69 Å². The van der Waals surface area contributed by atoms with Gasteiger partial charge in [0.05, 0.1) is 17.6 Å². The molecule has 2 aromatic heterocycles. The van der Waals surface area contributed by atoms with Gasteiger partial charge < -0.3 is 9.73 Å². The van der Waals surface area contributed by atoms with Gasteiger partial charge in [-0.05, 0) is 55.7 Å². The lowest BCUT2D eigenvalue weighted by molar-refractivity contribution is 0.500. The summed E-state index contributed by atoms with van der Waals surface area (Å²) < 4.78 is 9.15.